The number of carbonyl (C=O) groups is 1. The third-order valence-corrected chi connectivity index (χ3v) is 3.20. The average molecular weight is 185 g/mol. The number of nitrogens with two attached hydrogens (primary N) is 1. The van der Waals surface area contributed by atoms with Gasteiger partial charge in [-0.25, -0.2) is 0 Å². The van der Waals surface area contributed by atoms with E-state index in [1.807, 2.05) is 13.8 Å². The fraction of sp³-hybridized carbons (Fsp3) is 0.900. The highest BCUT2D eigenvalue weighted by atomic mass is 16.5. The molecule has 0 aromatic rings. The molecular weight excluding hydrogens is 166 g/mol. The molecule has 0 bridgehead atoms. The second-order valence-corrected chi connectivity index (χ2v) is 4.43. The number of carbonyl (C=O) groups excluding carboxylic acids is 1. The van der Waals surface area contributed by atoms with E-state index in [9.17, 15) is 4.79 Å². The maximum atomic E-state index is 11.4. The minimum Gasteiger partial charge on any atom is -0.469 e. The largest absolute Gasteiger partial charge is 0.469 e. The van der Waals surface area contributed by atoms with Crippen molar-refractivity contribution in [1.29, 1.82) is 0 Å². The summed E-state index contributed by atoms with van der Waals surface area (Å²) < 4.78 is 4.74. The van der Waals surface area contributed by atoms with Crippen LogP contribution in [0.5, 0.6) is 0 Å². The van der Waals surface area contributed by atoms with E-state index in [-0.39, 0.29) is 12.0 Å². The number of ether oxygens (including phenoxy) is 1. The first kappa shape index (κ1) is 10.5. The smallest absolute Gasteiger partial charge is 0.312 e. The van der Waals surface area contributed by atoms with Crippen LogP contribution in [0.15, 0.2) is 0 Å². The van der Waals surface area contributed by atoms with Crippen molar-refractivity contribution in [2.24, 2.45) is 17.1 Å². The summed E-state index contributed by atoms with van der Waals surface area (Å²) in [6.45, 7) is 3.73. The van der Waals surface area contributed by atoms with Gasteiger partial charge in [-0.3, -0.25) is 4.79 Å². The number of hydrogen-bond donors (Lipinski definition) is 1. The minimum absolute atomic E-state index is 0.0614. The molecule has 1 saturated carbocycles. The molecule has 1 fully saturated rings. The molecule has 1 unspecified atom stereocenters. The van der Waals surface area contributed by atoms with Crippen LogP contribution in [0.3, 0.4) is 0 Å². The van der Waals surface area contributed by atoms with E-state index in [2.05, 4.69) is 0 Å². The fourth-order valence-electron chi connectivity index (χ4n) is 1.79. The van der Waals surface area contributed by atoms with Crippen molar-refractivity contribution in [2.45, 2.75) is 39.2 Å². The molecule has 0 saturated heterocycles. The molecule has 0 aliphatic heterocycles. The van der Waals surface area contributed by atoms with E-state index >= 15 is 0 Å². The van der Waals surface area contributed by atoms with Gasteiger partial charge < -0.3 is 10.5 Å². The summed E-state index contributed by atoms with van der Waals surface area (Å²) in [5.41, 5.74) is 5.49. The Bertz CT molecular complexity index is 197. The van der Waals surface area contributed by atoms with Crippen LogP contribution >= 0.6 is 0 Å². The fourth-order valence-corrected chi connectivity index (χ4v) is 1.79. The summed E-state index contributed by atoms with van der Waals surface area (Å²) >= 11 is 0. The molecule has 1 aliphatic carbocycles. The number of methoxy groups -OCH3 is 1. The predicted octanol–water partition coefficient (Wildman–Crippen LogP) is 1.31. The molecule has 1 atom stereocenters. The molecule has 0 amide bonds. The van der Waals surface area contributed by atoms with Crippen LogP contribution in [-0.4, -0.2) is 19.1 Å². The molecule has 0 aromatic heterocycles. The number of hydrogen-bond acceptors (Lipinski definition) is 3. The van der Waals surface area contributed by atoms with Gasteiger partial charge >= 0.3 is 5.97 Å². The number of rotatable bonds is 3. The van der Waals surface area contributed by atoms with Gasteiger partial charge in [0.25, 0.3) is 0 Å². The van der Waals surface area contributed by atoms with Crippen LogP contribution in [0.1, 0.15) is 33.1 Å². The van der Waals surface area contributed by atoms with E-state index in [1.165, 1.54) is 13.5 Å². The van der Waals surface area contributed by atoms with Gasteiger partial charge in [-0.15, -0.1) is 0 Å². The normalized spacial score (nSPS) is 20.6. The van der Waals surface area contributed by atoms with Gasteiger partial charge in [0.2, 0.25) is 0 Å². The predicted molar refractivity (Wildman–Crippen MR) is 51.1 cm³/mol. The topological polar surface area (TPSA) is 52.3 Å². The van der Waals surface area contributed by atoms with Crippen LogP contribution in [0.4, 0.5) is 0 Å². The summed E-state index contributed by atoms with van der Waals surface area (Å²) in [6.07, 6.45) is 3.55. The molecule has 0 aromatic carbocycles. The number of esters is 1. The Hall–Kier alpha value is -0.570. The lowest BCUT2D eigenvalue weighted by Gasteiger charge is -2.39. The molecule has 13 heavy (non-hydrogen) atoms. The highest BCUT2D eigenvalue weighted by Crippen LogP contribution is 2.36. The molecule has 76 valence electrons. The maximum Gasteiger partial charge on any atom is 0.312 e. The summed E-state index contributed by atoms with van der Waals surface area (Å²) in [5.74, 6) is 0.306. The summed E-state index contributed by atoms with van der Waals surface area (Å²) in [7, 11) is 1.41. The second-order valence-electron chi connectivity index (χ2n) is 4.43. The Morgan fingerprint density at radius 1 is 1.54 bits per heavy atom. The van der Waals surface area contributed by atoms with E-state index in [0.717, 1.165) is 12.8 Å². The van der Waals surface area contributed by atoms with Gasteiger partial charge in [-0.2, -0.15) is 0 Å². The van der Waals surface area contributed by atoms with Crippen LogP contribution in [0.2, 0.25) is 0 Å². The molecule has 0 heterocycles. The molecular formula is C10H19NO2. The quantitative estimate of drug-likeness (QED) is 0.674. The van der Waals surface area contributed by atoms with E-state index in [1.54, 1.807) is 0 Å². The van der Waals surface area contributed by atoms with Gasteiger partial charge in [-0.1, -0.05) is 6.42 Å². The van der Waals surface area contributed by atoms with Crippen LogP contribution in [0, 0.1) is 11.3 Å². The van der Waals surface area contributed by atoms with Crippen LogP contribution in [-0.2, 0) is 9.53 Å². The Kier molecular flexibility index (Phi) is 2.96. The van der Waals surface area contributed by atoms with Crippen molar-refractivity contribution in [3.05, 3.63) is 0 Å². The third-order valence-electron chi connectivity index (χ3n) is 3.20. The standard InChI is InChI=1S/C10H19NO2/c1-10(2,9(12)13-3)8(11)7-5-4-6-7/h7-8H,4-6,11H2,1-3H3. The molecule has 3 heteroatoms. The third kappa shape index (κ3) is 1.85. The van der Waals surface area contributed by atoms with Crippen molar-refractivity contribution >= 4 is 5.97 Å². The molecule has 0 radical (unpaired) electrons. The average Bonchev–Trinajstić information content (AvgIpc) is 1.99. The lowest BCUT2D eigenvalue weighted by molar-refractivity contribution is -0.153. The van der Waals surface area contributed by atoms with E-state index in [0.29, 0.717) is 5.92 Å². The second kappa shape index (κ2) is 3.66. The zero-order valence-corrected chi connectivity index (χ0v) is 8.67. The van der Waals surface area contributed by atoms with Crippen LogP contribution in [0.25, 0.3) is 0 Å². The van der Waals surface area contributed by atoms with Gasteiger partial charge in [0.1, 0.15) is 0 Å². The Balaban J connectivity index is 2.60. The first-order valence-corrected chi connectivity index (χ1v) is 4.84. The van der Waals surface area contributed by atoms with E-state index in [4.69, 9.17) is 10.5 Å². The van der Waals surface area contributed by atoms with Gasteiger partial charge in [-0.05, 0) is 32.6 Å². The first-order chi connectivity index (χ1) is 6.00. The maximum absolute atomic E-state index is 11.4. The van der Waals surface area contributed by atoms with Gasteiger partial charge in [0.15, 0.2) is 0 Å². The monoisotopic (exact) mass is 185 g/mol. The minimum atomic E-state index is -0.542. The molecule has 1 rings (SSSR count). The summed E-state index contributed by atoms with van der Waals surface area (Å²) in [6, 6.07) is -0.0614. The lowest BCUT2D eigenvalue weighted by atomic mass is 9.69. The van der Waals surface area contributed by atoms with Crippen molar-refractivity contribution in [3.8, 4) is 0 Å². The SMILES string of the molecule is COC(=O)C(C)(C)C(N)C1CCC1. The molecule has 3 nitrogen and oxygen atoms in total. The molecule has 2 N–H and O–H groups in total. The summed E-state index contributed by atoms with van der Waals surface area (Å²) in [5, 5.41) is 0. The Labute approximate surface area is 79.6 Å². The zero-order valence-electron chi connectivity index (χ0n) is 8.67. The molecule has 1 aliphatic rings. The summed E-state index contributed by atoms with van der Waals surface area (Å²) in [4.78, 5) is 11.4. The first-order valence-electron chi connectivity index (χ1n) is 4.84. The van der Waals surface area contributed by atoms with Crippen molar-refractivity contribution in [2.75, 3.05) is 7.11 Å². The van der Waals surface area contributed by atoms with Crippen molar-refractivity contribution in [3.63, 3.8) is 0 Å². The lowest BCUT2D eigenvalue weighted by Crippen LogP contribution is -2.50. The Morgan fingerprint density at radius 3 is 2.38 bits per heavy atom. The highest BCUT2D eigenvalue weighted by Gasteiger charge is 2.41. The van der Waals surface area contributed by atoms with E-state index < -0.39 is 5.41 Å². The van der Waals surface area contributed by atoms with Gasteiger partial charge in [0, 0.05) is 6.04 Å². The zero-order chi connectivity index (χ0) is 10.1. The van der Waals surface area contributed by atoms with Crippen molar-refractivity contribution < 1.29 is 9.53 Å². The highest BCUT2D eigenvalue weighted by molar-refractivity contribution is 5.76. The van der Waals surface area contributed by atoms with Crippen molar-refractivity contribution in [1.82, 2.24) is 0 Å². The van der Waals surface area contributed by atoms with Crippen LogP contribution < -0.4 is 5.73 Å². The van der Waals surface area contributed by atoms with Gasteiger partial charge in [0.05, 0.1) is 12.5 Å². The Morgan fingerprint density at radius 2 is 2.08 bits per heavy atom. The molecule has 0 spiro atoms.